The second-order valence-corrected chi connectivity index (χ2v) is 10.6. The minimum atomic E-state index is -4.03. The molecule has 5 rings (SSSR count). The highest BCUT2D eigenvalue weighted by molar-refractivity contribution is 7.91. The van der Waals surface area contributed by atoms with Crippen molar-refractivity contribution in [2.24, 2.45) is 0 Å². The first kappa shape index (κ1) is 23.7. The Balaban J connectivity index is 1.59. The van der Waals surface area contributed by atoms with Crippen LogP contribution in [0.15, 0.2) is 101 Å². The number of anilines is 1. The quantitative estimate of drug-likeness (QED) is 0.415. The molecule has 36 heavy (non-hydrogen) atoms. The molecule has 0 aliphatic carbocycles. The third kappa shape index (κ3) is 4.48. The largest absolute Gasteiger partial charge is 0.348 e. The van der Waals surface area contributed by atoms with Crippen LogP contribution in [0.3, 0.4) is 0 Å². The summed E-state index contributed by atoms with van der Waals surface area (Å²) in [7, 11) is -4.03. The van der Waals surface area contributed by atoms with Gasteiger partial charge in [0.15, 0.2) is 0 Å². The Morgan fingerprint density at radius 2 is 1.72 bits per heavy atom. The number of hydrogen-bond donors (Lipinski definition) is 1. The summed E-state index contributed by atoms with van der Waals surface area (Å²) in [5.74, 6) is -0.892. The molecule has 180 valence electrons. The summed E-state index contributed by atoms with van der Waals surface area (Å²) in [5.41, 5.74) is 1.95. The molecule has 2 amide bonds. The molecule has 0 fully saturated rings. The number of benzene rings is 3. The van der Waals surface area contributed by atoms with Crippen molar-refractivity contribution in [2.75, 3.05) is 4.90 Å². The van der Waals surface area contributed by atoms with E-state index in [1.165, 1.54) is 35.2 Å². The molecule has 0 bridgehead atoms. The molecule has 1 aliphatic rings. The van der Waals surface area contributed by atoms with Crippen LogP contribution in [-0.4, -0.2) is 25.2 Å². The third-order valence-corrected chi connectivity index (χ3v) is 7.95. The summed E-state index contributed by atoms with van der Waals surface area (Å²) >= 11 is 6.15. The van der Waals surface area contributed by atoms with Gasteiger partial charge in [-0.2, -0.15) is 0 Å². The minimum Gasteiger partial charge on any atom is -0.348 e. The van der Waals surface area contributed by atoms with Crippen LogP contribution in [0, 0.1) is 0 Å². The van der Waals surface area contributed by atoms with Gasteiger partial charge in [0.05, 0.1) is 27.6 Å². The maximum Gasteiger partial charge on any atom is 0.259 e. The van der Waals surface area contributed by atoms with E-state index in [2.05, 4.69) is 10.3 Å². The van der Waals surface area contributed by atoms with Gasteiger partial charge in [-0.25, -0.2) is 8.42 Å². The van der Waals surface area contributed by atoms with Gasteiger partial charge in [0.1, 0.15) is 0 Å². The highest BCUT2D eigenvalue weighted by Gasteiger charge is 2.36. The number of carbonyl (C=O) groups excluding carboxylic acids is 2. The van der Waals surface area contributed by atoms with E-state index in [9.17, 15) is 18.0 Å². The fraction of sp³-hybridized carbons (Fsp3) is 0.0741. The maximum absolute atomic E-state index is 13.7. The predicted octanol–water partition coefficient (Wildman–Crippen LogP) is 4.66. The zero-order valence-corrected chi connectivity index (χ0v) is 20.5. The molecule has 7 nitrogen and oxygen atoms in total. The van der Waals surface area contributed by atoms with Crippen molar-refractivity contribution in [1.82, 2.24) is 10.3 Å². The molecule has 0 atom stereocenters. The van der Waals surface area contributed by atoms with Crippen molar-refractivity contribution in [3.63, 3.8) is 0 Å². The summed E-state index contributed by atoms with van der Waals surface area (Å²) in [6.45, 7) is 0.315. The second kappa shape index (κ2) is 9.56. The molecule has 0 saturated heterocycles. The molecular formula is C27H20ClN3O4S. The van der Waals surface area contributed by atoms with Gasteiger partial charge in [0.25, 0.3) is 11.8 Å². The van der Waals surface area contributed by atoms with Crippen LogP contribution in [0.1, 0.15) is 31.8 Å². The van der Waals surface area contributed by atoms with E-state index in [4.69, 9.17) is 11.6 Å². The third-order valence-electron chi connectivity index (χ3n) is 5.86. The van der Waals surface area contributed by atoms with Crippen molar-refractivity contribution in [3.8, 4) is 0 Å². The predicted molar refractivity (Wildman–Crippen MR) is 136 cm³/mol. The Kier molecular flexibility index (Phi) is 6.30. The Bertz CT molecular complexity index is 1590. The highest BCUT2D eigenvalue weighted by Crippen LogP contribution is 2.38. The molecule has 0 unspecified atom stereocenters. The number of halogens is 1. The number of fused-ring (bicyclic) bond motifs is 2. The first-order valence-corrected chi connectivity index (χ1v) is 12.9. The summed E-state index contributed by atoms with van der Waals surface area (Å²) in [6, 6.07) is 21.0. The van der Waals surface area contributed by atoms with Crippen LogP contribution in [0.25, 0.3) is 0 Å². The van der Waals surface area contributed by atoms with Crippen molar-refractivity contribution >= 4 is 38.9 Å². The van der Waals surface area contributed by atoms with Gasteiger partial charge < -0.3 is 10.2 Å². The molecule has 3 aromatic carbocycles. The van der Waals surface area contributed by atoms with Crippen molar-refractivity contribution in [2.45, 2.75) is 22.9 Å². The topological polar surface area (TPSA) is 96.4 Å². The average molecular weight is 518 g/mol. The van der Waals surface area contributed by atoms with Crippen LogP contribution in [0.5, 0.6) is 0 Å². The van der Waals surface area contributed by atoms with E-state index in [1.54, 1.807) is 54.9 Å². The smallest absolute Gasteiger partial charge is 0.259 e. The monoisotopic (exact) mass is 517 g/mol. The van der Waals surface area contributed by atoms with Crippen molar-refractivity contribution in [1.29, 1.82) is 0 Å². The lowest BCUT2D eigenvalue weighted by molar-refractivity contribution is 0.0947. The number of hydrogen-bond acceptors (Lipinski definition) is 5. The second-order valence-electron chi connectivity index (χ2n) is 8.25. The number of nitrogens with zero attached hydrogens (tertiary/aromatic N) is 2. The first-order valence-electron chi connectivity index (χ1n) is 11.1. The molecule has 2 heterocycles. The Labute approximate surface area is 213 Å². The normalized spacial score (nSPS) is 13.9. The number of sulfone groups is 1. The zero-order valence-electron chi connectivity index (χ0n) is 18.9. The van der Waals surface area contributed by atoms with Crippen molar-refractivity contribution in [3.05, 3.63) is 119 Å². The Hall–Kier alpha value is -4.01. The Morgan fingerprint density at radius 1 is 0.917 bits per heavy atom. The summed E-state index contributed by atoms with van der Waals surface area (Å²) in [5, 5.41) is 3.30. The molecule has 4 aromatic rings. The molecular weight excluding hydrogens is 498 g/mol. The van der Waals surface area contributed by atoms with E-state index < -0.39 is 21.7 Å². The lowest BCUT2D eigenvalue weighted by Crippen LogP contribution is -2.31. The van der Waals surface area contributed by atoms with Gasteiger partial charge in [0.2, 0.25) is 9.84 Å². The van der Waals surface area contributed by atoms with Crippen LogP contribution < -0.4 is 10.2 Å². The molecule has 1 aliphatic heterocycles. The fourth-order valence-electron chi connectivity index (χ4n) is 4.11. The standard InChI is InChI=1S/C27H20ClN3O4S/c28-21-7-3-5-18(13-21)17-31-23-14-20(26(32)30-16-19-6-4-12-29-15-19)10-11-25(23)36(34,35)24-9-2-1-8-22(24)27(31)33/h1-15H,16-17H2,(H,30,32). The molecule has 1 N–H and O–H groups in total. The number of pyridine rings is 1. The number of aromatic nitrogens is 1. The molecule has 9 heteroatoms. The SMILES string of the molecule is O=C(NCc1cccnc1)c1ccc2c(c1)N(Cc1cccc(Cl)c1)C(=O)c1ccccc1S2(=O)=O. The summed E-state index contributed by atoms with van der Waals surface area (Å²) in [6.07, 6.45) is 3.29. The van der Waals surface area contributed by atoms with Gasteiger partial charge in [-0.1, -0.05) is 41.9 Å². The number of nitrogens with one attached hydrogen (secondary N) is 1. The molecule has 1 aromatic heterocycles. The van der Waals surface area contributed by atoms with E-state index in [1.807, 2.05) is 6.07 Å². The molecule has 0 saturated carbocycles. The minimum absolute atomic E-state index is 0.0494. The summed E-state index contributed by atoms with van der Waals surface area (Å²) in [4.78, 5) is 31.9. The van der Waals surface area contributed by atoms with Gasteiger partial charge in [0, 0.05) is 29.5 Å². The van der Waals surface area contributed by atoms with E-state index >= 15 is 0 Å². The lowest BCUT2D eigenvalue weighted by Gasteiger charge is -2.23. The van der Waals surface area contributed by atoms with E-state index in [-0.39, 0.29) is 39.7 Å². The van der Waals surface area contributed by atoms with Crippen molar-refractivity contribution < 1.29 is 18.0 Å². The first-order chi connectivity index (χ1) is 17.3. The lowest BCUT2D eigenvalue weighted by atomic mass is 10.1. The summed E-state index contributed by atoms with van der Waals surface area (Å²) < 4.78 is 27.2. The van der Waals surface area contributed by atoms with Gasteiger partial charge in [-0.3, -0.25) is 14.6 Å². The number of carbonyl (C=O) groups is 2. The van der Waals surface area contributed by atoms with Gasteiger partial charge >= 0.3 is 0 Å². The van der Waals surface area contributed by atoms with E-state index in [0.717, 1.165) is 5.56 Å². The zero-order chi connectivity index (χ0) is 25.3. The maximum atomic E-state index is 13.7. The number of rotatable bonds is 5. The number of amides is 2. The van der Waals surface area contributed by atoms with Gasteiger partial charge in [-0.15, -0.1) is 0 Å². The molecule has 0 radical (unpaired) electrons. The average Bonchev–Trinajstić information content (AvgIpc) is 2.96. The Morgan fingerprint density at radius 3 is 2.50 bits per heavy atom. The van der Waals surface area contributed by atoms with Crippen LogP contribution in [0.2, 0.25) is 5.02 Å². The molecule has 0 spiro atoms. The fourth-order valence-corrected chi connectivity index (χ4v) is 5.95. The van der Waals surface area contributed by atoms with Crippen LogP contribution in [0.4, 0.5) is 5.69 Å². The van der Waals surface area contributed by atoms with E-state index in [0.29, 0.717) is 10.6 Å². The van der Waals surface area contributed by atoms with Gasteiger partial charge in [-0.05, 0) is 59.7 Å². The van der Waals surface area contributed by atoms with Crippen LogP contribution in [-0.2, 0) is 22.9 Å². The highest BCUT2D eigenvalue weighted by atomic mass is 35.5. The van der Waals surface area contributed by atoms with Crippen LogP contribution >= 0.6 is 11.6 Å².